The number of rotatable bonds is 8. The number of hydrogen-bond acceptors (Lipinski definition) is 5. The van der Waals surface area contributed by atoms with Crippen LogP contribution < -0.4 is 10.2 Å². The Balaban J connectivity index is 0.00000280. The summed E-state index contributed by atoms with van der Waals surface area (Å²) in [6.45, 7) is 7.11. The van der Waals surface area contributed by atoms with Crippen LogP contribution in [0.15, 0.2) is 23.3 Å². The molecule has 1 aromatic heterocycles. The highest BCUT2D eigenvalue weighted by Crippen LogP contribution is 2.18. The Hall–Kier alpha value is -1.13. The molecule has 0 aromatic carbocycles. The standard InChI is InChI=1S/C20H33N5O2.HI/c1-21-20(25-10-7-18(15-25)16-27-12-11-26-2)23-14-17-5-6-19(22-13-17)24-8-3-4-9-24;/h5-6,13,18H,3-4,7-12,14-16H2,1-2H3,(H,21,23);1H. The highest BCUT2D eigenvalue weighted by molar-refractivity contribution is 14.0. The summed E-state index contributed by atoms with van der Waals surface area (Å²) in [5.74, 6) is 2.61. The lowest BCUT2D eigenvalue weighted by Gasteiger charge is -2.22. The molecule has 0 amide bonds. The minimum atomic E-state index is 0. The number of anilines is 1. The van der Waals surface area contributed by atoms with Crippen LogP contribution in [0.3, 0.4) is 0 Å². The van der Waals surface area contributed by atoms with Gasteiger partial charge in [0.05, 0.1) is 19.8 Å². The summed E-state index contributed by atoms with van der Waals surface area (Å²) >= 11 is 0. The maximum absolute atomic E-state index is 5.68. The molecule has 3 rings (SSSR count). The van der Waals surface area contributed by atoms with E-state index in [0.717, 1.165) is 57.5 Å². The molecule has 1 N–H and O–H groups in total. The third kappa shape index (κ3) is 6.73. The van der Waals surface area contributed by atoms with Crippen LogP contribution in [0.1, 0.15) is 24.8 Å². The fourth-order valence-electron chi connectivity index (χ4n) is 3.72. The van der Waals surface area contributed by atoms with Gasteiger partial charge in [-0.25, -0.2) is 4.98 Å². The molecule has 2 aliphatic rings. The first-order valence-corrected chi connectivity index (χ1v) is 10.0. The van der Waals surface area contributed by atoms with Crippen molar-refractivity contribution in [2.45, 2.75) is 25.8 Å². The molecule has 3 heterocycles. The smallest absolute Gasteiger partial charge is 0.193 e. The van der Waals surface area contributed by atoms with E-state index in [1.807, 2.05) is 13.2 Å². The van der Waals surface area contributed by atoms with Gasteiger partial charge < -0.3 is 24.6 Å². The van der Waals surface area contributed by atoms with Gasteiger partial charge in [0, 0.05) is 59.0 Å². The van der Waals surface area contributed by atoms with Crippen LogP contribution in [0.5, 0.6) is 0 Å². The van der Waals surface area contributed by atoms with Crippen LogP contribution in [-0.2, 0) is 16.0 Å². The molecule has 0 saturated carbocycles. The van der Waals surface area contributed by atoms with E-state index in [4.69, 9.17) is 9.47 Å². The lowest BCUT2D eigenvalue weighted by atomic mass is 10.1. The third-order valence-electron chi connectivity index (χ3n) is 5.27. The number of likely N-dealkylation sites (tertiary alicyclic amines) is 1. The Morgan fingerprint density at radius 3 is 2.75 bits per heavy atom. The van der Waals surface area contributed by atoms with Crippen LogP contribution >= 0.6 is 24.0 Å². The van der Waals surface area contributed by atoms with Gasteiger partial charge in [-0.3, -0.25) is 4.99 Å². The topological polar surface area (TPSA) is 62.2 Å². The predicted molar refractivity (Wildman–Crippen MR) is 124 cm³/mol. The molecule has 158 valence electrons. The van der Waals surface area contributed by atoms with Crippen molar-refractivity contribution in [3.05, 3.63) is 23.9 Å². The number of ether oxygens (including phenoxy) is 2. The number of nitrogens with one attached hydrogen (secondary N) is 1. The molecule has 8 heteroatoms. The lowest BCUT2D eigenvalue weighted by Crippen LogP contribution is -2.39. The fourth-order valence-corrected chi connectivity index (χ4v) is 3.72. The van der Waals surface area contributed by atoms with Crippen LogP contribution in [0.2, 0.25) is 0 Å². The van der Waals surface area contributed by atoms with Crippen molar-refractivity contribution in [2.75, 3.05) is 65.1 Å². The number of nitrogens with zero attached hydrogens (tertiary/aromatic N) is 4. The van der Waals surface area contributed by atoms with Gasteiger partial charge in [0.25, 0.3) is 0 Å². The van der Waals surface area contributed by atoms with E-state index in [9.17, 15) is 0 Å². The van der Waals surface area contributed by atoms with Gasteiger partial charge in [-0.05, 0) is 30.9 Å². The summed E-state index contributed by atoms with van der Waals surface area (Å²) in [6, 6.07) is 4.30. The number of aromatic nitrogens is 1. The number of guanidine groups is 1. The third-order valence-corrected chi connectivity index (χ3v) is 5.27. The molecular weight excluding hydrogens is 469 g/mol. The Bertz CT molecular complexity index is 593. The van der Waals surface area contributed by atoms with E-state index in [2.05, 4.69) is 37.2 Å². The van der Waals surface area contributed by atoms with Gasteiger partial charge in [-0.15, -0.1) is 24.0 Å². The molecule has 0 bridgehead atoms. The zero-order valence-electron chi connectivity index (χ0n) is 17.1. The molecule has 1 atom stereocenters. The molecule has 7 nitrogen and oxygen atoms in total. The zero-order chi connectivity index (χ0) is 18.9. The summed E-state index contributed by atoms with van der Waals surface area (Å²) in [6.07, 6.45) is 5.66. The molecule has 2 fully saturated rings. The summed E-state index contributed by atoms with van der Waals surface area (Å²) in [5.41, 5.74) is 1.18. The minimum Gasteiger partial charge on any atom is -0.382 e. The first-order valence-electron chi connectivity index (χ1n) is 10.0. The zero-order valence-corrected chi connectivity index (χ0v) is 19.4. The first kappa shape index (κ1) is 23.2. The van der Waals surface area contributed by atoms with Crippen molar-refractivity contribution in [2.24, 2.45) is 10.9 Å². The monoisotopic (exact) mass is 503 g/mol. The van der Waals surface area contributed by atoms with E-state index >= 15 is 0 Å². The molecule has 0 aliphatic carbocycles. The number of methoxy groups -OCH3 is 1. The lowest BCUT2D eigenvalue weighted by molar-refractivity contribution is 0.0536. The van der Waals surface area contributed by atoms with Crippen molar-refractivity contribution in [1.29, 1.82) is 0 Å². The predicted octanol–water partition coefficient (Wildman–Crippen LogP) is 2.36. The normalized spacial score (nSPS) is 19.8. The van der Waals surface area contributed by atoms with Crippen LogP contribution in [0, 0.1) is 5.92 Å². The van der Waals surface area contributed by atoms with Crippen molar-refractivity contribution < 1.29 is 9.47 Å². The number of hydrogen-bond donors (Lipinski definition) is 1. The van der Waals surface area contributed by atoms with Gasteiger partial charge in [0.15, 0.2) is 5.96 Å². The Morgan fingerprint density at radius 1 is 1.25 bits per heavy atom. The van der Waals surface area contributed by atoms with E-state index in [-0.39, 0.29) is 24.0 Å². The maximum Gasteiger partial charge on any atom is 0.193 e. The van der Waals surface area contributed by atoms with E-state index < -0.39 is 0 Å². The van der Waals surface area contributed by atoms with Gasteiger partial charge in [0.2, 0.25) is 0 Å². The van der Waals surface area contributed by atoms with E-state index in [0.29, 0.717) is 19.1 Å². The highest BCUT2D eigenvalue weighted by Gasteiger charge is 2.25. The molecule has 1 unspecified atom stereocenters. The second kappa shape index (κ2) is 12.4. The maximum atomic E-state index is 5.68. The van der Waals surface area contributed by atoms with Crippen LogP contribution in [0.25, 0.3) is 0 Å². The number of aliphatic imine (C=N–C) groups is 1. The van der Waals surface area contributed by atoms with Crippen molar-refractivity contribution in [3.8, 4) is 0 Å². The average Bonchev–Trinajstić information content (AvgIpc) is 3.39. The van der Waals surface area contributed by atoms with Gasteiger partial charge in [-0.2, -0.15) is 0 Å². The largest absolute Gasteiger partial charge is 0.382 e. The van der Waals surface area contributed by atoms with Crippen LogP contribution in [-0.4, -0.2) is 76.0 Å². The molecule has 0 radical (unpaired) electrons. The van der Waals surface area contributed by atoms with Crippen molar-refractivity contribution in [3.63, 3.8) is 0 Å². The molecule has 1 aromatic rings. The summed E-state index contributed by atoms with van der Waals surface area (Å²) in [4.78, 5) is 13.8. The molecule has 2 saturated heterocycles. The first-order chi connectivity index (χ1) is 13.3. The number of halogens is 1. The summed E-state index contributed by atoms with van der Waals surface area (Å²) < 4.78 is 10.7. The Morgan fingerprint density at radius 2 is 2.07 bits per heavy atom. The molecule has 0 spiro atoms. The Labute approximate surface area is 185 Å². The highest BCUT2D eigenvalue weighted by atomic mass is 127. The quantitative estimate of drug-likeness (QED) is 0.255. The SMILES string of the molecule is CN=C(NCc1ccc(N2CCCC2)nc1)N1CCC(COCCOC)C1.I. The van der Waals surface area contributed by atoms with Gasteiger partial charge in [0.1, 0.15) is 5.82 Å². The average molecular weight is 503 g/mol. The Kier molecular flexibility index (Phi) is 10.3. The number of pyridine rings is 1. The van der Waals surface area contributed by atoms with Crippen molar-refractivity contribution in [1.82, 2.24) is 15.2 Å². The van der Waals surface area contributed by atoms with Crippen LogP contribution in [0.4, 0.5) is 5.82 Å². The van der Waals surface area contributed by atoms with Gasteiger partial charge >= 0.3 is 0 Å². The van der Waals surface area contributed by atoms with Gasteiger partial charge in [-0.1, -0.05) is 6.07 Å². The van der Waals surface area contributed by atoms with Crippen molar-refractivity contribution >= 4 is 35.8 Å². The fraction of sp³-hybridized carbons (Fsp3) is 0.700. The molecule has 28 heavy (non-hydrogen) atoms. The second-order valence-corrected chi connectivity index (χ2v) is 7.29. The second-order valence-electron chi connectivity index (χ2n) is 7.29. The minimum absolute atomic E-state index is 0. The van der Waals surface area contributed by atoms with E-state index in [1.54, 1.807) is 7.11 Å². The molecule has 2 aliphatic heterocycles. The summed E-state index contributed by atoms with van der Waals surface area (Å²) in [5, 5.41) is 3.48. The summed E-state index contributed by atoms with van der Waals surface area (Å²) in [7, 11) is 3.55. The van der Waals surface area contributed by atoms with E-state index in [1.165, 1.54) is 18.4 Å². The molecular formula is C20H34IN5O2.